The van der Waals surface area contributed by atoms with Crippen molar-refractivity contribution in [3.05, 3.63) is 113 Å². The van der Waals surface area contributed by atoms with Crippen LogP contribution in [0.3, 0.4) is 0 Å². The predicted molar refractivity (Wildman–Crippen MR) is 156 cm³/mol. The second-order valence-electron chi connectivity index (χ2n) is 8.85. The van der Waals surface area contributed by atoms with Crippen LogP contribution in [-0.2, 0) is 0 Å². The summed E-state index contributed by atoms with van der Waals surface area (Å²) in [5.74, 6) is 2.04. The Balaban J connectivity index is 1.23. The van der Waals surface area contributed by atoms with Gasteiger partial charge in [-0.1, -0.05) is 48.2 Å². The van der Waals surface area contributed by atoms with Gasteiger partial charge < -0.3 is 14.8 Å². The number of rotatable bonds is 9. The number of ether oxygens (including phenoxy) is 2. The lowest BCUT2D eigenvalue weighted by atomic mass is 10.2. The molecular weight excluding hydrogens is 540 g/mol. The Morgan fingerprint density at radius 3 is 2.59 bits per heavy atom. The molecule has 6 rings (SSSR count). The number of nitrogens with one attached hydrogen (secondary N) is 1. The molecule has 1 amide bonds. The molecule has 0 saturated carbocycles. The van der Waals surface area contributed by atoms with Crippen LogP contribution in [0.5, 0.6) is 17.4 Å². The molecule has 0 aliphatic carbocycles. The highest BCUT2D eigenvalue weighted by Gasteiger charge is 2.19. The zero-order chi connectivity index (χ0) is 28.2. The molecular formula is C30H24N6O4S. The van der Waals surface area contributed by atoms with E-state index in [9.17, 15) is 9.59 Å². The molecule has 1 N–H and O–H groups in total. The smallest absolute Gasteiger partial charge is 0.267 e. The van der Waals surface area contributed by atoms with Crippen LogP contribution in [0.25, 0.3) is 22.4 Å². The normalized spacial score (nSPS) is 11.0. The molecule has 0 aliphatic heterocycles. The fourth-order valence-electron chi connectivity index (χ4n) is 4.40. The summed E-state index contributed by atoms with van der Waals surface area (Å²) < 4.78 is 14.6. The summed E-state index contributed by atoms with van der Waals surface area (Å²) in [4.78, 5) is 30.7. The number of para-hydroxylation sites is 2. The van der Waals surface area contributed by atoms with E-state index in [2.05, 4.69) is 20.5 Å². The SMILES string of the molecule is COc1cccc(-n2c(=O)c3ccccc3n3c(SCCNC(=O)c4cccnc4Oc4ccccc4)nnc23)c1. The number of carbonyl (C=O) groups is 1. The van der Waals surface area contributed by atoms with Crippen molar-refractivity contribution in [1.82, 2.24) is 29.5 Å². The van der Waals surface area contributed by atoms with E-state index in [1.165, 1.54) is 16.3 Å². The number of hydrogen-bond donors (Lipinski definition) is 1. The van der Waals surface area contributed by atoms with Crippen molar-refractivity contribution in [3.8, 4) is 23.1 Å². The summed E-state index contributed by atoms with van der Waals surface area (Å²) in [6.45, 7) is 0.353. The quantitative estimate of drug-likeness (QED) is 0.198. The minimum Gasteiger partial charge on any atom is -0.497 e. The number of methoxy groups -OCH3 is 1. The first-order valence-corrected chi connectivity index (χ1v) is 13.7. The number of thioether (sulfide) groups is 1. The summed E-state index contributed by atoms with van der Waals surface area (Å²) in [5.41, 5.74) is 1.44. The third-order valence-corrected chi connectivity index (χ3v) is 7.23. The van der Waals surface area contributed by atoms with Crippen LogP contribution in [0.15, 0.2) is 107 Å². The average molecular weight is 565 g/mol. The molecule has 3 aromatic heterocycles. The first-order valence-electron chi connectivity index (χ1n) is 12.8. The summed E-state index contributed by atoms with van der Waals surface area (Å²) in [6, 6.07) is 27.1. The summed E-state index contributed by atoms with van der Waals surface area (Å²) in [7, 11) is 1.58. The zero-order valence-corrected chi connectivity index (χ0v) is 22.7. The number of carbonyl (C=O) groups excluding carboxylic acids is 1. The van der Waals surface area contributed by atoms with Crippen LogP contribution in [-0.4, -0.2) is 49.5 Å². The van der Waals surface area contributed by atoms with E-state index < -0.39 is 0 Å². The minimum absolute atomic E-state index is 0.206. The summed E-state index contributed by atoms with van der Waals surface area (Å²) in [5, 5.41) is 12.8. The van der Waals surface area contributed by atoms with Crippen molar-refractivity contribution in [3.63, 3.8) is 0 Å². The maximum atomic E-state index is 13.5. The number of hydrogen-bond acceptors (Lipinski definition) is 8. The van der Waals surface area contributed by atoms with E-state index in [1.807, 2.05) is 59.0 Å². The van der Waals surface area contributed by atoms with Gasteiger partial charge in [-0.3, -0.25) is 14.0 Å². The Bertz CT molecular complexity index is 1920. The van der Waals surface area contributed by atoms with Crippen molar-refractivity contribution < 1.29 is 14.3 Å². The van der Waals surface area contributed by atoms with Gasteiger partial charge >= 0.3 is 0 Å². The first-order chi connectivity index (χ1) is 20.1. The van der Waals surface area contributed by atoms with Gasteiger partial charge in [0.1, 0.15) is 17.1 Å². The average Bonchev–Trinajstić information content (AvgIpc) is 3.44. The highest BCUT2D eigenvalue weighted by Crippen LogP contribution is 2.25. The monoisotopic (exact) mass is 564 g/mol. The number of aromatic nitrogens is 5. The topological polar surface area (TPSA) is 113 Å². The molecule has 0 saturated heterocycles. The molecule has 10 nitrogen and oxygen atoms in total. The lowest BCUT2D eigenvalue weighted by Crippen LogP contribution is -2.26. The van der Waals surface area contributed by atoms with Crippen molar-refractivity contribution in [2.45, 2.75) is 5.16 Å². The molecule has 0 radical (unpaired) electrons. The van der Waals surface area contributed by atoms with Crippen molar-refractivity contribution in [1.29, 1.82) is 0 Å². The maximum Gasteiger partial charge on any atom is 0.267 e. The Kier molecular flexibility index (Phi) is 7.33. The third-order valence-electron chi connectivity index (χ3n) is 6.30. The maximum absolute atomic E-state index is 13.5. The molecule has 0 aliphatic rings. The van der Waals surface area contributed by atoms with E-state index in [-0.39, 0.29) is 17.3 Å². The lowest BCUT2D eigenvalue weighted by Gasteiger charge is -2.12. The van der Waals surface area contributed by atoms with Gasteiger partial charge in [0.15, 0.2) is 5.16 Å². The largest absolute Gasteiger partial charge is 0.497 e. The van der Waals surface area contributed by atoms with Crippen molar-refractivity contribution in [2.75, 3.05) is 19.4 Å². The standard InChI is InChI=1S/C30H24N6O4S/c1-39-22-12-7-9-20(19-22)35-28(38)23-13-5-6-15-25(23)36-29(35)33-34-30(36)41-18-17-31-26(37)24-14-8-16-32-27(24)40-21-10-3-2-4-11-21/h2-16,19H,17-18H2,1H3,(H,31,37). The Morgan fingerprint density at radius 2 is 1.73 bits per heavy atom. The number of amides is 1. The highest BCUT2D eigenvalue weighted by molar-refractivity contribution is 7.99. The van der Waals surface area contributed by atoms with E-state index >= 15 is 0 Å². The second-order valence-corrected chi connectivity index (χ2v) is 9.91. The molecule has 204 valence electrons. The van der Waals surface area contributed by atoms with Crippen LogP contribution in [0.4, 0.5) is 0 Å². The Morgan fingerprint density at radius 1 is 0.927 bits per heavy atom. The first kappa shape index (κ1) is 26.1. The van der Waals surface area contributed by atoms with Crippen LogP contribution in [0.1, 0.15) is 10.4 Å². The molecule has 0 spiro atoms. The fraction of sp³-hybridized carbons (Fsp3) is 0.100. The van der Waals surface area contributed by atoms with Gasteiger partial charge in [-0.15, -0.1) is 10.2 Å². The molecule has 0 atom stereocenters. The zero-order valence-electron chi connectivity index (χ0n) is 21.9. The van der Waals surface area contributed by atoms with Crippen LogP contribution >= 0.6 is 11.8 Å². The van der Waals surface area contributed by atoms with Gasteiger partial charge in [-0.2, -0.15) is 0 Å². The molecule has 3 heterocycles. The predicted octanol–water partition coefficient (Wildman–Crippen LogP) is 4.75. The molecule has 11 heteroatoms. The van der Waals surface area contributed by atoms with Crippen molar-refractivity contribution in [2.24, 2.45) is 0 Å². The van der Waals surface area contributed by atoms with Crippen molar-refractivity contribution >= 4 is 34.3 Å². The fourth-order valence-corrected chi connectivity index (χ4v) is 5.20. The second kappa shape index (κ2) is 11.5. The van der Waals surface area contributed by atoms with E-state index in [1.54, 1.807) is 49.7 Å². The number of fused-ring (bicyclic) bond motifs is 3. The Hall–Kier alpha value is -5.16. The lowest BCUT2D eigenvalue weighted by molar-refractivity contribution is 0.0953. The Labute approximate surface area is 238 Å². The van der Waals surface area contributed by atoms with Gasteiger partial charge in [0, 0.05) is 24.6 Å². The van der Waals surface area contributed by atoms with E-state index in [4.69, 9.17) is 9.47 Å². The molecule has 6 aromatic rings. The van der Waals surface area contributed by atoms with E-state index in [0.717, 1.165) is 0 Å². The molecule has 3 aromatic carbocycles. The van der Waals surface area contributed by atoms with Crippen LogP contribution in [0, 0.1) is 0 Å². The number of pyridine rings is 1. The molecule has 0 fully saturated rings. The number of benzene rings is 3. The van der Waals surface area contributed by atoms with Crippen LogP contribution < -0.4 is 20.3 Å². The van der Waals surface area contributed by atoms with E-state index in [0.29, 0.717) is 56.9 Å². The van der Waals surface area contributed by atoms with Gasteiger partial charge in [-0.05, 0) is 48.5 Å². The minimum atomic E-state index is -0.298. The molecule has 41 heavy (non-hydrogen) atoms. The summed E-state index contributed by atoms with van der Waals surface area (Å²) in [6.07, 6.45) is 1.58. The van der Waals surface area contributed by atoms with Gasteiger partial charge in [0.05, 0.1) is 23.7 Å². The van der Waals surface area contributed by atoms with Gasteiger partial charge in [0.25, 0.3) is 11.5 Å². The summed E-state index contributed by atoms with van der Waals surface area (Å²) >= 11 is 1.42. The van der Waals surface area contributed by atoms with Crippen LogP contribution in [0.2, 0.25) is 0 Å². The third kappa shape index (κ3) is 5.22. The number of nitrogens with zero attached hydrogens (tertiary/aromatic N) is 5. The highest BCUT2D eigenvalue weighted by atomic mass is 32.2. The van der Waals surface area contributed by atoms with Gasteiger partial charge in [-0.25, -0.2) is 9.55 Å². The molecule has 0 unspecified atom stereocenters. The molecule has 0 bridgehead atoms. The van der Waals surface area contributed by atoms with Gasteiger partial charge in [0.2, 0.25) is 11.7 Å².